The van der Waals surface area contributed by atoms with Gasteiger partial charge in [-0.3, -0.25) is 14.4 Å². The van der Waals surface area contributed by atoms with Crippen LogP contribution in [-0.4, -0.2) is 102 Å². The number of hydrogen-bond donors (Lipinski definition) is 1. The Morgan fingerprint density at radius 3 is 2.39 bits per heavy atom. The van der Waals surface area contributed by atoms with Crippen molar-refractivity contribution in [3.8, 4) is 0 Å². The van der Waals surface area contributed by atoms with Crippen molar-refractivity contribution in [2.24, 2.45) is 34.0 Å². The summed E-state index contributed by atoms with van der Waals surface area (Å²) < 4.78 is 37.4. The molecule has 12 nitrogen and oxygen atoms in total. The molecule has 15 heteroatoms. The number of anilines is 1. The molecule has 10 rings (SSSR count). The van der Waals surface area contributed by atoms with Crippen molar-refractivity contribution in [1.29, 1.82) is 0 Å². The van der Waals surface area contributed by atoms with E-state index in [0.717, 1.165) is 25.7 Å². The summed E-state index contributed by atoms with van der Waals surface area (Å²) in [6.45, 7) is 17.3. The molecule has 0 radical (unpaired) electrons. The number of nitrogens with zero attached hydrogens (tertiary/aromatic N) is 3. The first-order chi connectivity index (χ1) is 33.0. The summed E-state index contributed by atoms with van der Waals surface area (Å²) in [4.78, 5) is 77.2. The summed E-state index contributed by atoms with van der Waals surface area (Å²) in [5, 5.41) is 3.95. The largest absolute Gasteiger partial charge is 0.461 e. The number of thioether (sulfide) groups is 2. The van der Waals surface area contributed by atoms with E-state index in [4.69, 9.17) is 14.2 Å². The van der Waals surface area contributed by atoms with Gasteiger partial charge in [0, 0.05) is 83.5 Å². The zero-order valence-corrected chi connectivity index (χ0v) is 42.4. The predicted molar refractivity (Wildman–Crippen MR) is 267 cm³/mol. The fourth-order valence-corrected chi connectivity index (χ4v) is 16.5. The van der Waals surface area contributed by atoms with Crippen molar-refractivity contribution in [2.45, 2.75) is 138 Å². The molecule has 0 amide bonds. The van der Waals surface area contributed by atoms with E-state index in [1.54, 1.807) is 54.2 Å². The average molecular weight is 983 g/mol. The molecule has 69 heavy (non-hydrogen) atoms. The molecule has 3 aliphatic carbocycles. The second kappa shape index (κ2) is 18.5. The highest BCUT2D eigenvalue weighted by atomic mass is 32.2. The molecular weight excluding hydrogens is 916 g/mol. The number of nitrogens with one attached hydrogen (secondary N) is 1. The highest BCUT2D eigenvalue weighted by Gasteiger charge is 2.69. The van der Waals surface area contributed by atoms with E-state index in [1.807, 2.05) is 23.3 Å². The van der Waals surface area contributed by atoms with Crippen LogP contribution in [-0.2, 0) is 28.6 Å². The number of hydrogen-bond acceptors (Lipinski definition) is 13. The van der Waals surface area contributed by atoms with Gasteiger partial charge < -0.3 is 33.9 Å². The molecule has 1 N–H and O–H groups in total. The van der Waals surface area contributed by atoms with Gasteiger partial charge in [-0.25, -0.2) is 14.0 Å². The van der Waals surface area contributed by atoms with Gasteiger partial charge in [-0.05, 0) is 88.8 Å². The average Bonchev–Trinajstić information content (AvgIpc) is 3.78. The lowest BCUT2D eigenvalue weighted by Crippen LogP contribution is -2.63. The number of carbonyl (C=O) groups excluding carboxylic acids is 4. The Morgan fingerprint density at radius 1 is 1.00 bits per heavy atom. The number of rotatable bonds is 11. The molecule has 6 fully saturated rings. The molecule has 3 aromatic rings. The molecule has 12 atom stereocenters. The molecule has 3 saturated heterocycles. The molecule has 0 spiro atoms. The van der Waals surface area contributed by atoms with Gasteiger partial charge in [0.05, 0.1) is 27.4 Å². The number of ketones is 1. The number of Topliss-reactive ketones (excluding diaryl/α,β-unsaturated/α-hetero) is 1. The van der Waals surface area contributed by atoms with E-state index < -0.39 is 63.7 Å². The van der Waals surface area contributed by atoms with E-state index in [1.165, 1.54) is 30.7 Å². The second-order valence-electron chi connectivity index (χ2n) is 21.8. The molecule has 2 aromatic carbocycles. The standard InChI is InChI=1S/C54H67FN4O8S2/c1-8-52(5)28-42(65-43(61)29-68-36-24-34-14-15-35(25-36)57(34)7)53(6)30(2)16-18-54(19-17-41(60)47(53)54)31(3)48(52)67-51(64)46(33-12-10-9-11-13-33)66-50(63)44-45(62)37-26-38(55)40(58-22-20-56-21-23-58)27-39(37)59-32(4)69-49(44)59/h8-13,26-27,30-32,34-36,42,46-48,56H,1,14-25,28-29H2,2-7H3/t30?,31-,32?,34?,35?,36?,42+,46?,47?,48+,52+,53-,54?/m1/s1. The quantitative estimate of drug-likeness (QED) is 0.111. The van der Waals surface area contributed by atoms with Crippen LogP contribution >= 0.6 is 23.5 Å². The van der Waals surface area contributed by atoms with Crippen LogP contribution in [0.2, 0.25) is 0 Å². The van der Waals surface area contributed by atoms with E-state index in [-0.39, 0.29) is 52.1 Å². The number of pyridine rings is 1. The predicted octanol–water partition coefficient (Wildman–Crippen LogP) is 8.89. The Kier molecular flexibility index (Phi) is 13.0. The normalized spacial score (nSPS) is 35.5. The summed E-state index contributed by atoms with van der Waals surface area (Å²) in [7, 11) is 2.21. The third-order valence-electron chi connectivity index (χ3n) is 18.3. The monoisotopic (exact) mass is 982 g/mol. The Morgan fingerprint density at radius 2 is 1.71 bits per heavy atom. The molecule has 7 aliphatic rings. The third kappa shape index (κ3) is 8.07. The summed E-state index contributed by atoms with van der Waals surface area (Å²) in [5.41, 5.74) is -1.90. The third-order valence-corrected chi connectivity index (χ3v) is 20.8. The lowest BCUT2D eigenvalue weighted by atomic mass is 9.44. The van der Waals surface area contributed by atoms with E-state index in [2.05, 4.69) is 44.6 Å². The highest BCUT2D eigenvalue weighted by molar-refractivity contribution is 8.00. The van der Waals surface area contributed by atoms with E-state index in [0.29, 0.717) is 78.1 Å². The number of aromatic nitrogens is 1. The fourth-order valence-electron chi connectivity index (χ4n) is 14.2. The lowest BCUT2D eigenvalue weighted by Gasteiger charge is -2.62. The smallest absolute Gasteiger partial charge is 0.352 e. The van der Waals surface area contributed by atoms with Gasteiger partial charge >= 0.3 is 17.9 Å². The van der Waals surface area contributed by atoms with Gasteiger partial charge in [-0.1, -0.05) is 75.9 Å². The number of carbonyl (C=O) groups is 4. The van der Waals surface area contributed by atoms with Crippen LogP contribution in [0.3, 0.4) is 0 Å². The molecule has 1 aromatic heterocycles. The van der Waals surface area contributed by atoms with Crippen LogP contribution in [0.1, 0.15) is 120 Å². The van der Waals surface area contributed by atoms with Crippen molar-refractivity contribution in [2.75, 3.05) is 43.9 Å². The first kappa shape index (κ1) is 48.4. The van der Waals surface area contributed by atoms with Gasteiger partial charge in [0.15, 0.2) is 0 Å². The molecule has 7 unspecified atom stereocenters. The first-order valence-electron chi connectivity index (χ1n) is 25.2. The minimum atomic E-state index is -1.59. The second-order valence-corrected chi connectivity index (χ2v) is 24.4. The zero-order valence-electron chi connectivity index (χ0n) is 40.8. The molecule has 4 bridgehead atoms. The highest BCUT2D eigenvalue weighted by Crippen LogP contribution is 2.68. The maximum absolute atomic E-state index is 15.9. The number of ether oxygens (including phenoxy) is 3. The maximum Gasteiger partial charge on any atom is 0.352 e. The van der Waals surface area contributed by atoms with Crippen LogP contribution in [0.4, 0.5) is 10.1 Å². The topological polar surface area (TPSA) is 136 Å². The van der Waals surface area contributed by atoms with Crippen LogP contribution in [0.5, 0.6) is 0 Å². The Hall–Kier alpha value is -4.18. The molecule has 370 valence electrons. The van der Waals surface area contributed by atoms with E-state index in [9.17, 15) is 19.2 Å². The minimum Gasteiger partial charge on any atom is -0.461 e. The van der Waals surface area contributed by atoms with Crippen LogP contribution in [0, 0.1) is 39.8 Å². The molecule has 4 aliphatic heterocycles. The Labute approximate surface area is 413 Å². The molecular formula is C54H67FN4O8S2. The summed E-state index contributed by atoms with van der Waals surface area (Å²) >= 11 is 3.02. The van der Waals surface area contributed by atoms with Gasteiger partial charge in [0.25, 0.3) is 0 Å². The summed E-state index contributed by atoms with van der Waals surface area (Å²) in [5.74, 6) is -3.06. The van der Waals surface area contributed by atoms with Crippen molar-refractivity contribution in [3.63, 3.8) is 0 Å². The van der Waals surface area contributed by atoms with E-state index >= 15 is 9.18 Å². The van der Waals surface area contributed by atoms with Crippen molar-refractivity contribution >= 4 is 63.8 Å². The fraction of sp³-hybridized carbons (Fsp3) is 0.611. The maximum atomic E-state index is 15.9. The van der Waals surface area contributed by atoms with Crippen molar-refractivity contribution in [3.05, 3.63) is 82.3 Å². The van der Waals surface area contributed by atoms with Gasteiger partial charge in [0.1, 0.15) is 29.4 Å². The number of piperazine rings is 1. The number of fused-ring (bicyclic) bond motifs is 5. The molecule has 3 saturated carbocycles. The van der Waals surface area contributed by atoms with Gasteiger partial charge in [0.2, 0.25) is 11.5 Å². The van der Waals surface area contributed by atoms with Gasteiger partial charge in [-0.15, -0.1) is 18.3 Å². The number of benzene rings is 2. The minimum absolute atomic E-state index is 0.0504. The summed E-state index contributed by atoms with van der Waals surface area (Å²) in [6, 6.07) is 12.6. The van der Waals surface area contributed by atoms with Crippen LogP contribution < -0.4 is 15.6 Å². The summed E-state index contributed by atoms with van der Waals surface area (Å²) in [6.07, 6.45) is 5.94. The number of piperidine rings is 1. The SMILES string of the molecule is C=C[C@@]1(C)C[C@H](OC(=O)CSC2CC3CCC(C2)N3C)[C@@]2(C)C(C)CCC3(CCC(=O)C32)[C@H](C)[C@@H]1OC(=O)C(OC(=O)c1c2n(c3cc(N4CCNCC4)c(F)cc3c1=O)C(C)S2)c1ccccc1. The van der Waals surface area contributed by atoms with Gasteiger partial charge in [-0.2, -0.15) is 0 Å². The number of esters is 3. The zero-order chi connectivity index (χ0) is 48.7. The Bertz CT molecular complexity index is 2610. The van der Waals surface area contributed by atoms with Crippen LogP contribution in [0.25, 0.3) is 10.9 Å². The van der Waals surface area contributed by atoms with Crippen molar-refractivity contribution in [1.82, 2.24) is 14.8 Å². The lowest BCUT2D eigenvalue weighted by molar-refractivity contribution is -0.215. The molecule has 5 heterocycles. The first-order valence-corrected chi connectivity index (χ1v) is 27.1. The number of halogens is 1. The van der Waals surface area contributed by atoms with Crippen LogP contribution in [0.15, 0.2) is 64.9 Å². The Balaban J connectivity index is 0.966. The van der Waals surface area contributed by atoms with Crippen molar-refractivity contribution < 1.29 is 37.8 Å².